The van der Waals surface area contributed by atoms with Gasteiger partial charge in [0.15, 0.2) is 5.65 Å². The number of nitrogens with zero attached hydrogens (tertiary/aromatic N) is 3. The molecule has 2 aromatic carbocycles. The van der Waals surface area contributed by atoms with Crippen molar-refractivity contribution >= 4 is 22.8 Å². The zero-order chi connectivity index (χ0) is 25.5. The normalized spacial score (nSPS) is 11.2. The van der Waals surface area contributed by atoms with Crippen molar-refractivity contribution in [1.29, 1.82) is 0 Å². The van der Waals surface area contributed by atoms with Crippen molar-refractivity contribution in [3.05, 3.63) is 92.4 Å². The van der Waals surface area contributed by atoms with E-state index in [-0.39, 0.29) is 17.2 Å². The van der Waals surface area contributed by atoms with Crippen molar-refractivity contribution in [2.24, 2.45) is 0 Å². The van der Waals surface area contributed by atoms with Crippen molar-refractivity contribution in [2.75, 3.05) is 5.32 Å². The average Bonchev–Trinajstić information content (AvgIpc) is 3.28. The summed E-state index contributed by atoms with van der Waals surface area (Å²) >= 11 is 0. The second-order valence-corrected chi connectivity index (χ2v) is 9.12. The van der Waals surface area contributed by atoms with Crippen LogP contribution < -0.4 is 16.6 Å². The van der Waals surface area contributed by atoms with Gasteiger partial charge in [-0.05, 0) is 36.1 Å². The molecule has 36 heavy (non-hydrogen) atoms. The summed E-state index contributed by atoms with van der Waals surface area (Å²) in [4.78, 5) is 45.9. The monoisotopic (exact) mass is 487 g/mol. The van der Waals surface area contributed by atoms with Gasteiger partial charge in [-0.2, -0.15) is 0 Å². The first-order valence-corrected chi connectivity index (χ1v) is 12.6. The van der Waals surface area contributed by atoms with E-state index in [1.54, 1.807) is 4.57 Å². The molecule has 4 rings (SSSR count). The maximum absolute atomic E-state index is 13.5. The Kier molecular flexibility index (Phi) is 8.15. The van der Waals surface area contributed by atoms with E-state index in [1.165, 1.54) is 11.5 Å². The molecule has 188 valence electrons. The predicted octanol–water partition coefficient (Wildman–Crippen LogP) is 4.26. The fourth-order valence-corrected chi connectivity index (χ4v) is 4.38. The molecule has 0 fully saturated rings. The first kappa shape index (κ1) is 25.2. The molecule has 0 saturated heterocycles. The van der Waals surface area contributed by atoms with Gasteiger partial charge in [0.1, 0.15) is 11.3 Å². The second-order valence-electron chi connectivity index (χ2n) is 9.12. The van der Waals surface area contributed by atoms with Crippen molar-refractivity contribution in [3.8, 4) is 0 Å². The molecule has 8 nitrogen and oxygen atoms in total. The third kappa shape index (κ3) is 6.00. The number of H-pyrrole nitrogens is 1. The van der Waals surface area contributed by atoms with Crippen LogP contribution in [0.5, 0.6) is 0 Å². The number of carbonyl (C=O) groups excluding carboxylic acids is 1. The van der Waals surface area contributed by atoms with Crippen LogP contribution in [-0.4, -0.2) is 25.0 Å². The van der Waals surface area contributed by atoms with Gasteiger partial charge >= 0.3 is 5.69 Å². The number of benzene rings is 2. The van der Waals surface area contributed by atoms with Crippen LogP contribution >= 0.6 is 0 Å². The summed E-state index contributed by atoms with van der Waals surface area (Å²) in [7, 11) is 0. The maximum Gasteiger partial charge on any atom is 0.332 e. The van der Waals surface area contributed by atoms with Crippen molar-refractivity contribution in [2.45, 2.75) is 65.5 Å². The quantitative estimate of drug-likeness (QED) is 0.309. The van der Waals surface area contributed by atoms with Crippen LogP contribution in [0.1, 0.15) is 56.5 Å². The van der Waals surface area contributed by atoms with E-state index in [9.17, 15) is 14.4 Å². The molecule has 2 heterocycles. The Morgan fingerprint density at radius 2 is 1.67 bits per heavy atom. The molecule has 0 atom stereocenters. The molecule has 8 heteroatoms. The van der Waals surface area contributed by atoms with Crippen molar-refractivity contribution in [1.82, 2.24) is 19.1 Å². The molecule has 2 N–H and O–H groups in total. The van der Waals surface area contributed by atoms with E-state index in [0.717, 1.165) is 42.5 Å². The fraction of sp³-hybridized carbons (Fsp3) is 0.357. The van der Waals surface area contributed by atoms with Crippen LogP contribution in [0.3, 0.4) is 0 Å². The number of aromatic nitrogens is 4. The second kappa shape index (κ2) is 11.7. The fourth-order valence-electron chi connectivity index (χ4n) is 4.38. The van der Waals surface area contributed by atoms with Gasteiger partial charge in [-0.15, -0.1) is 0 Å². The molecule has 0 aliphatic heterocycles. The minimum Gasteiger partial charge on any atom is -0.336 e. The lowest BCUT2D eigenvalue weighted by molar-refractivity contribution is -0.114. The summed E-state index contributed by atoms with van der Waals surface area (Å²) in [6.45, 7) is 4.39. The van der Waals surface area contributed by atoms with Crippen LogP contribution in [0.25, 0.3) is 11.2 Å². The molecule has 0 unspecified atom stereocenters. The third-order valence-corrected chi connectivity index (χ3v) is 6.26. The van der Waals surface area contributed by atoms with Gasteiger partial charge in [0.05, 0.1) is 0 Å². The Hall–Kier alpha value is -3.94. The first-order chi connectivity index (χ1) is 17.5. The first-order valence-electron chi connectivity index (χ1n) is 12.6. The highest BCUT2D eigenvalue weighted by Gasteiger charge is 2.17. The summed E-state index contributed by atoms with van der Waals surface area (Å²) in [5, 5.41) is 2.76. The number of hydrogen-bond donors (Lipinski definition) is 2. The van der Waals surface area contributed by atoms with Crippen LogP contribution in [-0.2, 0) is 30.7 Å². The molecule has 0 saturated carbocycles. The number of rotatable bonds is 11. The molecular formula is C28H33N5O3. The number of anilines is 1. The lowest BCUT2D eigenvalue weighted by Gasteiger charge is -2.12. The van der Waals surface area contributed by atoms with Crippen molar-refractivity contribution in [3.63, 3.8) is 0 Å². The number of aromatic amines is 1. The Balaban J connectivity index is 1.66. The molecule has 2 aromatic heterocycles. The van der Waals surface area contributed by atoms with Gasteiger partial charge in [0.2, 0.25) is 5.91 Å². The van der Waals surface area contributed by atoms with Gasteiger partial charge in [0, 0.05) is 32.1 Å². The molecule has 0 spiro atoms. The number of carbonyl (C=O) groups is 1. The minimum absolute atomic E-state index is 0.122. The number of imidazole rings is 1. The largest absolute Gasteiger partial charge is 0.336 e. The predicted molar refractivity (Wildman–Crippen MR) is 142 cm³/mol. The average molecular weight is 488 g/mol. The molecule has 0 aliphatic carbocycles. The third-order valence-electron chi connectivity index (χ3n) is 6.26. The topological polar surface area (TPSA) is 102 Å². The summed E-state index contributed by atoms with van der Waals surface area (Å²) in [6, 6.07) is 17.5. The molecule has 0 bridgehead atoms. The summed E-state index contributed by atoms with van der Waals surface area (Å²) < 4.78 is 2.96. The Morgan fingerprint density at radius 3 is 2.36 bits per heavy atom. The molecule has 0 aliphatic rings. The maximum atomic E-state index is 13.5. The smallest absolute Gasteiger partial charge is 0.332 e. The summed E-state index contributed by atoms with van der Waals surface area (Å²) in [5.74, 6) is 0.535. The minimum atomic E-state index is -0.323. The number of amides is 1. The van der Waals surface area contributed by atoms with E-state index in [2.05, 4.69) is 22.2 Å². The molecule has 0 radical (unpaired) electrons. The lowest BCUT2D eigenvalue weighted by atomic mass is 10.1. The SMILES string of the molecule is CCCCCCn1c(=O)c2[nH]c(Cc3ccccc3)nc2n(CCc2ccc(NC(C)=O)cc2)c1=O. The van der Waals surface area contributed by atoms with Crippen LogP contribution in [0.15, 0.2) is 64.2 Å². The van der Waals surface area contributed by atoms with E-state index in [4.69, 9.17) is 0 Å². The summed E-state index contributed by atoms with van der Waals surface area (Å²) in [5.41, 5.74) is 2.96. The molecular weight excluding hydrogens is 454 g/mol. The zero-order valence-corrected chi connectivity index (χ0v) is 20.9. The van der Waals surface area contributed by atoms with Crippen LogP contribution in [0.2, 0.25) is 0 Å². The zero-order valence-electron chi connectivity index (χ0n) is 20.9. The molecule has 1 amide bonds. The van der Waals surface area contributed by atoms with Crippen molar-refractivity contribution < 1.29 is 4.79 Å². The number of fused-ring (bicyclic) bond motifs is 1. The highest BCUT2D eigenvalue weighted by atomic mass is 16.2. The number of aryl methyl sites for hydroxylation is 2. The van der Waals surface area contributed by atoms with E-state index < -0.39 is 0 Å². The van der Waals surface area contributed by atoms with Gasteiger partial charge in [0.25, 0.3) is 5.56 Å². The van der Waals surface area contributed by atoms with Crippen LogP contribution in [0, 0.1) is 0 Å². The standard InChI is InChI=1S/C28H33N5O3/c1-3-4-5-9-17-33-27(35)25-26(31-24(30-25)19-22-10-7-6-8-11-22)32(28(33)36)18-16-21-12-14-23(15-13-21)29-20(2)34/h6-8,10-15H,3-5,9,16-19H2,1-2H3,(H,29,34)(H,30,31). The Bertz CT molecular complexity index is 1430. The van der Waals surface area contributed by atoms with Gasteiger partial charge in [-0.1, -0.05) is 68.7 Å². The van der Waals surface area contributed by atoms with Crippen LogP contribution in [0.4, 0.5) is 5.69 Å². The number of unbranched alkanes of at least 4 members (excludes halogenated alkanes) is 3. The lowest BCUT2D eigenvalue weighted by Crippen LogP contribution is -2.40. The highest BCUT2D eigenvalue weighted by Crippen LogP contribution is 2.14. The number of nitrogens with one attached hydrogen (secondary N) is 2. The number of hydrogen-bond acceptors (Lipinski definition) is 4. The van der Waals surface area contributed by atoms with Gasteiger partial charge < -0.3 is 10.3 Å². The van der Waals surface area contributed by atoms with Gasteiger partial charge in [-0.3, -0.25) is 18.7 Å². The van der Waals surface area contributed by atoms with E-state index in [0.29, 0.717) is 42.9 Å². The highest BCUT2D eigenvalue weighted by molar-refractivity contribution is 5.88. The van der Waals surface area contributed by atoms with E-state index in [1.807, 2.05) is 54.6 Å². The Labute approximate surface area is 210 Å². The molecule has 4 aromatic rings. The van der Waals surface area contributed by atoms with Gasteiger partial charge in [-0.25, -0.2) is 9.78 Å². The van der Waals surface area contributed by atoms with E-state index >= 15 is 0 Å². The Morgan fingerprint density at radius 1 is 0.917 bits per heavy atom. The summed E-state index contributed by atoms with van der Waals surface area (Å²) in [6.07, 6.45) is 5.05.